The molecule has 4 aromatic carbocycles. The molecule has 1 atom stereocenters. The van der Waals surface area contributed by atoms with E-state index in [9.17, 15) is 18.0 Å². The third-order valence-corrected chi connectivity index (χ3v) is 9.86. The van der Waals surface area contributed by atoms with Crippen molar-refractivity contribution >= 4 is 43.5 Å². The van der Waals surface area contributed by atoms with E-state index in [-0.39, 0.29) is 29.7 Å². The van der Waals surface area contributed by atoms with Crippen molar-refractivity contribution in [2.24, 2.45) is 5.92 Å². The van der Waals surface area contributed by atoms with E-state index in [0.29, 0.717) is 24.6 Å². The van der Waals surface area contributed by atoms with Crippen molar-refractivity contribution in [3.63, 3.8) is 0 Å². The Bertz CT molecular complexity index is 1710. The predicted octanol–water partition coefficient (Wildman–Crippen LogP) is 6.76. The number of nitrogens with zero attached hydrogens (tertiary/aromatic N) is 2. The maximum atomic E-state index is 14.6. The van der Waals surface area contributed by atoms with Crippen LogP contribution in [-0.2, 0) is 32.6 Å². The average molecular weight is 721 g/mol. The Kier molecular flexibility index (Phi) is 12.6. The molecule has 0 aliphatic rings. The normalized spacial score (nSPS) is 12.0. The Labute approximate surface area is 286 Å². The average Bonchev–Trinajstić information content (AvgIpc) is 3.06. The highest BCUT2D eigenvalue weighted by Crippen LogP contribution is 2.28. The molecule has 1 N–H and O–H groups in total. The third kappa shape index (κ3) is 9.92. The summed E-state index contributed by atoms with van der Waals surface area (Å²) in [6, 6.07) is 29.2. The summed E-state index contributed by atoms with van der Waals surface area (Å²) in [5.74, 6) is -0.0368. The molecule has 4 rings (SSSR count). The van der Waals surface area contributed by atoms with E-state index in [2.05, 4.69) is 21.2 Å². The zero-order chi connectivity index (χ0) is 34.0. The van der Waals surface area contributed by atoms with E-state index in [4.69, 9.17) is 4.74 Å². The molecular weight excluding hydrogens is 678 g/mol. The summed E-state index contributed by atoms with van der Waals surface area (Å²) in [4.78, 5) is 30.0. The van der Waals surface area contributed by atoms with E-state index in [0.717, 1.165) is 25.5 Å². The van der Waals surface area contributed by atoms with Crippen LogP contribution in [0.25, 0.3) is 0 Å². The molecule has 1 unspecified atom stereocenters. The number of nitrogens with one attached hydrogen (secondary N) is 1. The molecule has 0 spiro atoms. The lowest BCUT2D eigenvalue weighted by Crippen LogP contribution is -2.53. The molecule has 47 heavy (non-hydrogen) atoms. The van der Waals surface area contributed by atoms with Crippen LogP contribution in [0.4, 0.5) is 5.69 Å². The summed E-state index contributed by atoms with van der Waals surface area (Å²) in [6.07, 6.45) is 0.255. The molecule has 0 radical (unpaired) electrons. The second-order valence-corrected chi connectivity index (χ2v) is 14.5. The van der Waals surface area contributed by atoms with Gasteiger partial charge in [-0.3, -0.25) is 13.9 Å². The molecule has 0 saturated heterocycles. The van der Waals surface area contributed by atoms with Gasteiger partial charge in [0.2, 0.25) is 11.8 Å². The molecule has 0 aliphatic heterocycles. The standard InChI is InChI=1S/C37H42BrN3O5S/c1-5-46-33-19-17-32(18-20-33)41(47(44,45)34-21-15-31(38)16-22-34)26-36(42)40(25-30-13-11-28(4)12-14-30)35(37(43)39-24-27(2)3)23-29-9-7-6-8-10-29/h6-22,27,35H,5,23-26H2,1-4H3,(H,39,43). The second-order valence-electron chi connectivity index (χ2n) is 11.7. The van der Waals surface area contributed by atoms with E-state index >= 15 is 0 Å². The van der Waals surface area contributed by atoms with Crippen molar-refractivity contribution in [3.8, 4) is 5.75 Å². The molecule has 0 fully saturated rings. The first-order chi connectivity index (χ1) is 22.5. The molecular formula is C37H42BrN3O5S. The second kappa shape index (κ2) is 16.6. The first-order valence-corrected chi connectivity index (χ1v) is 17.9. The topological polar surface area (TPSA) is 96.0 Å². The fraction of sp³-hybridized carbons (Fsp3) is 0.297. The lowest BCUT2D eigenvalue weighted by atomic mass is 10.0. The van der Waals surface area contributed by atoms with Gasteiger partial charge in [-0.15, -0.1) is 0 Å². The van der Waals surface area contributed by atoms with Gasteiger partial charge in [-0.2, -0.15) is 0 Å². The van der Waals surface area contributed by atoms with Gasteiger partial charge in [-0.25, -0.2) is 8.42 Å². The van der Waals surface area contributed by atoms with Crippen molar-refractivity contribution in [1.29, 1.82) is 0 Å². The van der Waals surface area contributed by atoms with Crippen molar-refractivity contribution in [1.82, 2.24) is 10.2 Å². The molecule has 0 aliphatic carbocycles. The van der Waals surface area contributed by atoms with Gasteiger partial charge in [0.1, 0.15) is 18.3 Å². The minimum Gasteiger partial charge on any atom is -0.494 e. The van der Waals surface area contributed by atoms with Crippen LogP contribution in [0.15, 0.2) is 112 Å². The van der Waals surface area contributed by atoms with Crippen molar-refractivity contribution in [3.05, 3.63) is 124 Å². The number of benzene rings is 4. The molecule has 2 amide bonds. The van der Waals surface area contributed by atoms with E-state index in [1.54, 1.807) is 36.4 Å². The Morgan fingerprint density at radius 3 is 2.09 bits per heavy atom. The summed E-state index contributed by atoms with van der Waals surface area (Å²) in [5, 5.41) is 3.01. The first-order valence-electron chi connectivity index (χ1n) is 15.7. The Balaban J connectivity index is 1.79. The largest absolute Gasteiger partial charge is 0.494 e. The number of hydrogen-bond donors (Lipinski definition) is 1. The van der Waals surface area contributed by atoms with Crippen LogP contribution in [0.3, 0.4) is 0 Å². The lowest BCUT2D eigenvalue weighted by molar-refractivity contribution is -0.140. The molecule has 248 valence electrons. The van der Waals surface area contributed by atoms with Gasteiger partial charge in [-0.1, -0.05) is 89.9 Å². The Morgan fingerprint density at radius 2 is 1.49 bits per heavy atom. The number of sulfonamides is 1. The lowest BCUT2D eigenvalue weighted by Gasteiger charge is -2.34. The highest BCUT2D eigenvalue weighted by Gasteiger charge is 2.34. The first kappa shape index (κ1) is 35.7. The number of rotatable bonds is 15. The molecule has 0 heterocycles. The maximum Gasteiger partial charge on any atom is 0.264 e. The molecule has 0 aromatic heterocycles. The van der Waals surface area contributed by atoms with Gasteiger partial charge < -0.3 is 15.0 Å². The highest BCUT2D eigenvalue weighted by atomic mass is 79.9. The van der Waals surface area contributed by atoms with Crippen LogP contribution >= 0.6 is 15.9 Å². The van der Waals surface area contributed by atoms with Gasteiger partial charge in [0.05, 0.1) is 17.2 Å². The zero-order valence-electron chi connectivity index (χ0n) is 27.2. The Morgan fingerprint density at radius 1 is 0.851 bits per heavy atom. The van der Waals surface area contributed by atoms with Crippen LogP contribution in [0, 0.1) is 12.8 Å². The fourth-order valence-corrected chi connectivity index (χ4v) is 6.68. The van der Waals surface area contributed by atoms with E-state index in [1.807, 2.05) is 82.3 Å². The van der Waals surface area contributed by atoms with Crippen LogP contribution in [-0.4, -0.2) is 50.9 Å². The summed E-state index contributed by atoms with van der Waals surface area (Å²) in [5.41, 5.74) is 3.06. The number of aryl methyl sites for hydroxylation is 1. The number of carbonyl (C=O) groups is 2. The predicted molar refractivity (Wildman–Crippen MR) is 190 cm³/mol. The summed E-state index contributed by atoms with van der Waals surface area (Å²) in [7, 11) is -4.21. The van der Waals surface area contributed by atoms with Crippen LogP contribution < -0.4 is 14.4 Å². The van der Waals surface area contributed by atoms with E-state index in [1.165, 1.54) is 17.0 Å². The van der Waals surface area contributed by atoms with E-state index < -0.39 is 28.5 Å². The third-order valence-electron chi connectivity index (χ3n) is 7.55. The van der Waals surface area contributed by atoms with Gasteiger partial charge in [0, 0.05) is 24.0 Å². The molecule has 8 nitrogen and oxygen atoms in total. The van der Waals surface area contributed by atoms with Gasteiger partial charge >= 0.3 is 0 Å². The molecule has 10 heteroatoms. The number of ether oxygens (including phenoxy) is 1. The number of anilines is 1. The number of amides is 2. The van der Waals surface area contributed by atoms with Crippen molar-refractivity contribution < 1.29 is 22.7 Å². The van der Waals surface area contributed by atoms with Crippen molar-refractivity contribution in [2.45, 2.75) is 51.6 Å². The van der Waals surface area contributed by atoms with Gasteiger partial charge in [0.25, 0.3) is 10.0 Å². The van der Waals surface area contributed by atoms with Crippen LogP contribution in [0.2, 0.25) is 0 Å². The number of hydrogen-bond acceptors (Lipinski definition) is 5. The minimum atomic E-state index is -4.21. The smallest absolute Gasteiger partial charge is 0.264 e. The SMILES string of the molecule is CCOc1ccc(N(CC(=O)N(Cc2ccc(C)cc2)C(Cc2ccccc2)C(=O)NCC(C)C)S(=O)(=O)c2ccc(Br)cc2)cc1. The summed E-state index contributed by atoms with van der Waals surface area (Å²) < 4.78 is 35.8. The number of halogens is 1. The zero-order valence-corrected chi connectivity index (χ0v) is 29.6. The molecule has 0 saturated carbocycles. The quantitative estimate of drug-likeness (QED) is 0.147. The minimum absolute atomic E-state index is 0.0305. The fourth-order valence-electron chi connectivity index (χ4n) is 5.00. The molecule has 0 bridgehead atoms. The van der Waals surface area contributed by atoms with Crippen LogP contribution in [0.5, 0.6) is 5.75 Å². The monoisotopic (exact) mass is 719 g/mol. The van der Waals surface area contributed by atoms with Crippen LogP contribution in [0.1, 0.15) is 37.5 Å². The number of carbonyl (C=O) groups excluding carboxylic acids is 2. The Hall–Kier alpha value is -4.15. The highest BCUT2D eigenvalue weighted by molar-refractivity contribution is 9.10. The summed E-state index contributed by atoms with van der Waals surface area (Å²) in [6.45, 7) is 8.32. The van der Waals surface area contributed by atoms with Gasteiger partial charge in [-0.05, 0) is 79.4 Å². The maximum absolute atomic E-state index is 14.6. The molecule has 4 aromatic rings. The van der Waals surface area contributed by atoms with Crippen molar-refractivity contribution in [2.75, 3.05) is 24.0 Å². The van der Waals surface area contributed by atoms with Gasteiger partial charge in [0.15, 0.2) is 0 Å². The summed E-state index contributed by atoms with van der Waals surface area (Å²) >= 11 is 3.37.